The summed E-state index contributed by atoms with van der Waals surface area (Å²) in [5, 5.41) is 3.52. The van der Waals surface area contributed by atoms with E-state index in [4.69, 9.17) is 11.6 Å². The summed E-state index contributed by atoms with van der Waals surface area (Å²) in [7, 11) is 0. The molecule has 0 aromatic heterocycles. The van der Waals surface area contributed by atoms with E-state index in [2.05, 4.69) is 12.2 Å². The third kappa shape index (κ3) is 3.57. The Bertz CT molecular complexity index is 622. The van der Waals surface area contributed by atoms with Gasteiger partial charge in [0, 0.05) is 11.1 Å². The van der Waals surface area contributed by atoms with Gasteiger partial charge in [0.25, 0.3) is 5.24 Å². The van der Waals surface area contributed by atoms with E-state index in [0.717, 1.165) is 24.8 Å². The molecule has 6 heteroatoms. The molecule has 4 nitrogen and oxygen atoms in total. The van der Waals surface area contributed by atoms with Crippen molar-refractivity contribution in [2.24, 2.45) is 5.92 Å². The molecule has 1 aliphatic carbocycles. The fraction of sp³-hybridized carbons (Fsp3) is 0.556. The lowest BCUT2D eigenvalue weighted by Crippen LogP contribution is -2.50. The lowest BCUT2D eigenvalue weighted by molar-refractivity contribution is 0.178. The van der Waals surface area contributed by atoms with Crippen LogP contribution >= 0.6 is 23.4 Å². The first kappa shape index (κ1) is 17.6. The van der Waals surface area contributed by atoms with E-state index in [9.17, 15) is 9.59 Å². The van der Waals surface area contributed by atoms with Crippen LogP contribution in [-0.4, -0.2) is 28.3 Å². The van der Waals surface area contributed by atoms with Gasteiger partial charge in [0.2, 0.25) is 0 Å². The molecule has 1 aliphatic heterocycles. The van der Waals surface area contributed by atoms with Crippen LogP contribution in [0.3, 0.4) is 0 Å². The molecule has 2 unspecified atom stereocenters. The van der Waals surface area contributed by atoms with Crippen molar-refractivity contribution in [3.05, 3.63) is 34.9 Å². The number of hydrogen-bond acceptors (Lipinski definition) is 3. The fourth-order valence-corrected chi connectivity index (χ4v) is 4.91. The van der Waals surface area contributed by atoms with Gasteiger partial charge in [0.15, 0.2) is 0 Å². The van der Waals surface area contributed by atoms with Crippen LogP contribution in [0.4, 0.5) is 9.59 Å². The number of imide groups is 1. The number of amides is 3. The average Bonchev–Trinajstić information content (AvgIpc) is 2.85. The highest BCUT2D eigenvalue weighted by atomic mass is 35.5. The molecule has 1 aromatic rings. The highest BCUT2D eigenvalue weighted by Crippen LogP contribution is 2.43. The third-order valence-electron chi connectivity index (χ3n) is 5.11. The van der Waals surface area contributed by atoms with E-state index >= 15 is 0 Å². The van der Waals surface area contributed by atoms with E-state index in [1.807, 2.05) is 31.2 Å². The first-order chi connectivity index (χ1) is 11.5. The maximum absolute atomic E-state index is 12.7. The fourth-order valence-electron chi connectivity index (χ4n) is 3.59. The molecule has 0 spiro atoms. The molecule has 1 heterocycles. The quantitative estimate of drug-likeness (QED) is 0.779. The van der Waals surface area contributed by atoms with E-state index in [-0.39, 0.29) is 28.6 Å². The van der Waals surface area contributed by atoms with Gasteiger partial charge in [-0.1, -0.05) is 55.3 Å². The second-order valence-corrected chi connectivity index (χ2v) is 8.31. The zero-order chi connectivity index (χ0) is 17.3. The molecule has 1 N–H and O–H groups in total. The number of nitrogens with zero attached hydrogens (tertiary/aromatic N) is 1. The SMILES string of the molecule is CC1CCCCC1NC(=O)N1C(=O)S[C@H](c2ccc(Cl)cc2)[C@H]1C. The van der Waals surface area contributed by atoms with Crippen LogP contribution in [0.1, 0.15) is 50.3 Å². The minimum atomic E-state index is -0.254. The van der Waals surface area contributed by atoms with Gasteiger partial charge in [0.05, 0.1) is 11.3 Å². The second kappa shape index (κ2) is 7.36. The van der Waals surface area contributed by atoms with Crippen LogP contribution in [0.5, 0.6) is 0 Å². The van der Waals surface area contributed by atoms with Gasteiger partial charge in [-0.25, -0.2) is 4.79 Å². The van der Waals surface area contributed by atoms with Crippen LogP contribution in [0.2, 0.25) is 5.02 Å². The Balaban J connectivity index is 1.70. The Kier molecular flexibility index (Phi) is 5.40. The summed E-state index contributed by atoms with van der Waals surface area (Å²) in [6.45, 7) is 4.10. The summed E-state index contributed by atoms with van der Waals surface area (Å²) >= 11 is 7.15. The Labute approximate surface area is 152 Å². The largest absolute Gasteiger partial charge is 0.335 e. The summed E-state index contributed by atoms with van der Waals surface area (Å²) in [6.07, 6.45) is 4.50. The molecule has 3 amide bonds. The van der Waals surface area contributed by atoms with Crippen molar-refractivity contribution in [1.82, 2.24) is 10.2 Å². The highest BCUT2D eigenvalue weighted by molar-refractivity contribution is 8.14. The monoisotopic (exact) mass is 366 g/mol. The molecule has 1 saturated carbocycles. The Morgan fingerprint density at radius 1 is 1.21 bits per heavy atom. The predicted molar refractivity (Wildman–Crippen MR) is 98.4 cm³/mol. The van der Waals surface area contributed by atoms with Crippen molar-refractivity contribution in [1.29, 1.82) is 0 Å². The minimum Gasteiger partial charge on any atom is -0.335 e. The van der Waals surface area contributed by atoms with Gasteiger partial charge in [-0.15, -0.1) is 0 Å². The maximum Gasteiger partial charge on any atom is 0.325 e. The van der Waals surface area contributed by atoms with Crippen molar-refractivity contribution in [2.45, 2.75) is 56.9 Å². The summed E-state index contributed by atoms with van der Waals surface area (Å²) in [6, 6.07) is 7.23. The van der Waals surface area contributed by atoms with Crippen LogP contribution in [0, 0.1) is 5.92 Å². The van der Waals surface area contributed by atoms with Crippen LogP contribution in [0.15, 0.2) is 24.3 Å². The van der Waals surface area contributed by atoms with E-state index in [1.54, 1.807) is 0 Å². The number of hydrogen-bond donors (Lipinski definition) is 1. The lowest BCUT2D eigenvalue weighted by atomic mass is 9.86. The normalized spacial score (nSPS) is 30.5. The number of benzene rings is 1. The number of thioether (sulfide) groups is 1. The molecule has 130 valence electrons. The van der Waals surface area contributed by atoms with Gasteiger partial charge >= 0.3 is 6.03 Å². The topological polar surface area (TPSA) is 49.4 Å². The van der Waals surface area contributed by atoms with Crippen molar-refractivity contribution >= 4 is 34.6 Å². The number of rotatable bonds is 2. The number of carbonyl (C=O) groups is 2. The van der Waals surface area contributed by atoms with Crippen molar-refractivity contribution in [2.75, 3.05) is 0 Å². The van der Waals surface area contributed by atoms with Gasteiger partial charge in [-0.05, 0) is 43.4 Å². The summed E-state index contributed by atoms with van der Waals surface area (Å²) in [5.41, 5.74) is 1.02. The maximum atomic E-state index is 12.7. The zero-order valence-corrected chi connectivity index (χ0v) is 15.6. The van der Waals surface area contributed by atoms with Gasteiger partial charge in [-0.2, -0.15) is 0 Å². The molecule has 4 atom stereocenters. The molecule has 1 aromatic carbocycles. The Morgan fingerprint density at radius 2 is 1.88 bits per heavy atom. The Hall–Kier alpha value is -1.20. The first-order valence-corrected chi connectivity index (χ1v) is 9.79. The zero-order valence-electron chi connectivity index (χ0n) is 14.0. The Morgan fingerprint density at radius 3 is 2.54 bits per heavy atom. The lowest BCUT2D eigenvalue weighted by Gasteiger charge is -2.31. The number of halogens is 1. The van der Waals surface area contributed by atoms with Gasteiger partial charge < -0.3 is 5.32 Å². The molecule has 0 radical (unpaired) electrons. The standard InChI is InChI=1S/C18H23ClN2O2S/c1-11-5-3-4-6-15(11)20-17(22)21-12(2)16(24-18(21)23)13-7-9-14(19)10-8-13/h7-12,15-16H,3-6H2,1-2H3,(H,20,22)/t11?,12-,15?,16+/m1/s1. The van der Waals surface area contributed by atoms with E-state index < -0.39 is 0 Å². The van der Waals surface area contributed by atoms with Crippen molar-refractivity contribution < 1.29 is 9.59 Å². The molecule has 2 aliphatic rings. The van der Waals surface area contributed by atoms with Crippen molar-refractivity contribution in [3.63, 3.8) is 0 Å². The van der Waals surface area contributed by atoms with E-state index in [1.165, 1.54) is 23.1 Å². The summed E-state index contributed by atoms with van der Waals surface area (Å²) in [4.78, 5) is 26.5. The number of nitrogens with one attached hydrogen (secondary N) is 1. The van der Waals surface area contributed by atoms with E-state index in [0.29, 0.717) is 10.9 Å². The van der Waals surface area contributed by atoms with Gasteiger partial charge in [0.1, 0.15) is 0 Å². The van der Waals surface area contributed by atoms with Crippen LogP contribution < -0.4 is 5.32 Å². The molecular weight excluding hydrogens is 344 g/mol. The smallest absolute Gasteiger partial charge is 0.325 e. The van der Waals surface area contributed by atoms with Crippen LogP contribution in [-0.2, 0) is 0 Å². The van der Waals surface area contributed by atoms with Gasteiger partial charge in [-0.3, -0.25) is 9.69 Å². The highest BCUT2D eigenvalue weighted by Gasteiger charge is 2.43. The molecular formula is C18H23ClN2O2S. The third-order valence-corrected chi connectivity index (χ3v) is 6.68. The van der Waals surface area contributed by atoms with Crippen LogP contribution in [0.25, 0.3) is 0 Å². The summed E-state index contributed by atoms with van der Waals surface area (Å²) < 4.78 is 0. The molecule has 3 rings (SSSR count). The first-order valence-electron chi connectivity index (χ1n) is 8.53. The summed E-state index contributed by atoms with van der Waals surface area (Å²) in [5.74, 6) is 0.468. The van der Waals surface area contributed by atoms with Crippen molar-refractivity contribution in [3.8, 4) is 0 Å². The predicted octanol–water partition coefficient (Wildman–Crippen LogP) is 5.23. The second-order valence-electron chi connectivity index (χ2n) is 6.78. The number of urea groups is 1. The molecule has 24 heavy (non-hydrogen) atoms. The number of carbonyl (C=O) groups excluding carboxylic acids is 2. The molecule has 1 saturated heterocycles. The molecule has 2 fully saturated rings. The minimum absolute atomic E-state index is 0.0516. The molecule has 0 bridgehead atoms. The average molecular weight is 367 g/mol.